The van der Waals surface area contributed by atoms with Gasteiger partial charge in [0, 0.05) is 12.7 Å². The molecule has 128 valence electrons. The summed E-state index contributed by atoms with van der Waals surface area (Å²) in [6, 6.07) is 7.58. The molecule has 0 bridgehead atoms. The molecule has 0 aliphatic carbocycles. The molecule has 0 radical (unpaired) electrons. The zero-order valence-corrected chi connectivity index (χ0v) is 14.3. The number of rotatable bonds is 8. The Morgan fingerprint density at radius 1 is 1.33 bits per heavy atom. The summed E-state index contributed by atoms with van der Waals surface area (Å²) in [7, 11) is 1.61. The van der Waals surface area contributed by atoms with E-state index in [2.05, 4.69) is 9.97 Å². The molecule has 2 N–H and O–H groups in total. The summed E-state index contributed by atoms with van der Waals surface area (Å²) in [4.78, 5) is 21.1. The predicted octanol–water partition coefficient (Wildman–Crippen LogP) is 1.90. The Hall–Kier alpha value is -2.32. The largest absolute Gasteiger partial charge is 0.497 e. The summed E-state index contributed by atoms with van der Waals surface area (Å²) >= 11 is 1.31. The molecule has 2 rings (SSSR count). The van der Waals surface area contributed by atoms with Crippen LogP contribution in [-0.2, 0) is 6.42 Å². The van der Waals surface area contributed by atoms with Crippen LogP contribution < -0.4 is 9.64 Å². The van der Waals surface area contributed by atoms with E-state index in [-0.39, 0.29) is 18.1 Å². The number of anilines is 1. The van der Waals surface area contributed by atoms with E-state index in [1.807, 2.05) is 24.3 Å². The van der Waals surface area contributed by atoms with Crippen LogP contribution in [-0.4, -0.2) is 52.8 Å². The second kappa shape index (κ2) is 8.51. The Morgan fingerprint density at radius 3 is 2.58 bits per heavy atom. The molecular weight excluding hydrogens is 330 g/mol. The molecule has 0 amide bonds. The van der Waals surface area contributed by atoms with Gasteiger partial charge in [-0.25, -0.2) is 14.8 Å². The number of aromatic nitrogens is 2. The Bertz CT molecular complexity index is 694. The molecule has 0 fully saturated rings. The number of nitrogens with zero attached hydrogens (tertiary/aromatic N) is 3. The van der Waals surface area contributed by atoms with Gasteiger partial charge in [0.2, 0.25) is 0 Å². The second-order valence-electron chi connectivity index (χ2n) is 4.90. The van der Waals surface area contributed by atoms with Crippen molar-refractivity contribution < 1.29 is 19.7 Å². The Labute approximate surface area is 144 Å². The average Bonchev–Trinajstić information content (AvgIpc) is 2.62. The van der Waals surface area contributed by atoms with E-state index in [1.54, 1.807) is 13.4 Å². The van der Waals surface area contributed by atoms with Crippen molar-refractivity contribution in [3.8, 4) is 5.75 Å². The third-order valence-corrected chi connectivity index (χ3v) is 4.02. The van der Waals surface area contributed by atoms with Gasteiger partial charge in [-0.2, -0.15) is 0 Å². The van der Waals surface area contributed by atoms with Crippen LogP contribution in [0.25, 0.3) is 0 Å². The number of carbonyl (C=O) groups is 1. The number of hydrogen-bond acceptors (Lipinski definition) is 7. The van der Waals surface area contributed by atoms with Crippen LogP contribution in [0.5, 0.6) is 5.75 Å². The topological polar surface area (TPSA) is 95.8 Å². The fourth-order valence-electron chi connectivity index (χ4n) is 2.15. The molecule has 0 saturated carbocycles. The van der Waals surface area contributed by atoms with Gasteiger partial charge in [0.15, 0.2) is 5.16 Å². The van der Waals surface area contributed by atoms with Gasteiger partial charge in [-0.1, -0.05) is 23.9 Å². The van der Waals surface area contributed by atoms with Crippen LogP contribution in [0, 0.1) is 0 Å². The summed E-state index contributed by atoms with van der Waals surface area (Å²) in [6.45, 7) is 0.0925. The van der Waals surface area contributed by atoms with Crippen molar-refractivity contribution in [1.29, 1.82) is 0 Å². The smallest absolute Gasteiger partial charge is 0.341 e. The number of hydrogen-bond donors (Lipinski definition) is 2. The molecule has 1 aromatic heterocycles. The number of aliphatic hydroxyl groups is 1. The van der Waals surface area contributed by atoms with Crippen molar-refractivity contribution in [1.82, 2.24) is 9.97 Å². The molecule has 0 aliphatic rings. The van der Waals surface area contributed by atoms with E-state index in [0.29, 0.717) is 18.1 Å². The maximum absolute atomic E-state index is 11.4. The Kier molecular flexibility index (Phi) is 6.39. The van der Waals surface area contributed by atoms with Crippen molar-refractivity contribution in [2.24, 2.45) is 0 Å². The second-order valence-corrected chi connectivity index (χ2v) is 5.68. The van der Waals surface area contributed by atoms with Gasteiger partial charge in [0.25, 0.3) is 0 Å². The number of ether oxygens (including phenoxy) is 1. The first kappa shape index (κ1) is 18.0. The summed E-state index contributed by atoms with van der Waals surface area (Å²) in [5.41, 5.74) is 1.02. The summed E-state index contributed by atoms with van der Waals surface area (Å²) < 4.78 is 5.12. The minimum absolute atomic E-state index is 0.0309. The van der Waals surface area contributed by atoms with Gasteiger partial charge in [0.05, 0.1) is 7.11 Å². The van der Waals surface area contributed by atoms with E-state index in [9.17, 15) is 15.0 Å². The molecule has 2 aromatic rings. The van der Waals surface area contributed by atoms with Crippen molar-refractivity contribution in [3.63, 3.8) is 0 Å². The normalized spacial score (nSPS) is 10.5. The highest BCUT2D eigenvalue weighted by atomic mass is 32.2. The Morgan fingerprint density at radius 2 is 2.04 bits per heavy atom. The van der Waals surface area contributed by atoms with Gasteiger partial charge in [-0.05, 0) is 30.4 Å². The van der Waals surface area contributed by atoms with Crippen LogP contribution in [0.4, 0.5) is 5.82 Å². The van der Waals surface area contributed by atoms with E-state index in [0.717, 1.165) is 11.3 Å². The summed E-state index contributed by atoms with van der Waals surface area (Å²) in [5.74, 6) is -0.134. The minimum Gasteiger partial charge on any atom is -0.497 e. The number of carboxylic acid groups (broad SMARTS) is 1. The molecule has 0 atom stereocenters. The first-order valence-corrected chi connectivity index (χ1v) is 8.44. The fraction of sp³-hybridized carbons (Fsp3) is 0.312. The molecule has 1 aromatic carbocycles. The lowest BCUT2D eigenvalue weighted by molar-refractivity contribution is 0.0696. The molecule has 7 nitrogen and oxygen atoms in total. The molecular formula is C16H19N3O4S. The van der Waals surface area contributed by atoms with E-state index in [4.69, 9.17) is 4.74 Å². The van der Waals surface area contributed by atoms with Gasteiger partial charge < -0.3 is 19.8 Å². The lowest BCUT2D eigenvalue weighted by Gasteiger charge is -2.22. The van der Waals surface area contributed by atoms with Gasteiger partial charge >= 0.3 is 5.97 Å². The Balaban J connectivity index is 2.19. The third-order valence-electron chi connectivity index (χ3n) is 3.46. The number of carboxylic acids is 1. The van der Waals surface area contributed by atoms with Gasteiger partial charge in [-0.3, -0.25) is 0 Å². The number of methoxy groups -OCH3 is 1. The maximum atomic E-state index is 11.4. The van der Waals surface area contributed by atoms with Gasteiger partial charge in [0.1, 0.15) is 23.9 Å². The lowest BCUT2D eigenvalue weighted by Crippen LogP contribution is -2.29. The lowest BCUT2D eigenvalue weighted by atomic mass is 10.1. The fourth-order valence-corrected chi connectivity index (χ4v) is 2.48. The minimum atomic E-state index is -1.12. The zero-order chi connectivity index (χ0) is 17.5. The molecule has 0 saturated heterocycles. The van der Waals surface area contributed by atoms with Crippen molar-refractivity contribution in [2.45, 2.75) is 11.6 Å². The monoisotopic (exact) mass is 349 g/mol. The quantitative estimate of drug-likeness (QED) is 0.424. The molecule has 1 heterocycles. The first-order chi connectivity index (χ1) is 11.6. The molecule has 8 heteroatoms. The van der Waals surface area contributed by atoms with Crippen LogP contribution >= 0.6 is 11.8 Å². The molecule has 0 spiro atoms. The van der Waals surface area contributed by atoms with Crippen molar-refractivity contribution in [3.05, 3.63) is 41.6 Å². The highest BCUT2D eigenvalue weighted by Gasteiger charge is 2.19. The zero-order valence-electron chi connectivity index (χ0n) is 13.5. The van der Waals surface area contributed by atoms with Crippen molar-refractivity contribution >= 4 is 23.5 Å². The van der Waals surface area contributed by atoms with Crippen LogP contribution in [0.15, 0.2) is 35.6 Å². The average molecular weight is 349 g/mol. The SMILES string of the molecule is COc1ccc(CCN(CO)c2nc(SC)ncc2C(=O)O)cc1. The van der Waals surface area contributed by atoms with E-state index in [1.165, 1.54) is 22.9 Å². The predicted molar refractivity (Wildman–Crippen MR) is 91.9 cm³/mol. The molecule has 0 unspecified atom stereocenters. The number of aliphatic hydroxyl groups excluding tert-OH is 1. The van der Waals surface area contributed by atoms with Gasteiger partial charge in [-0.15, -0.1) is 0 Å². The number of benzene rings is 1. The molecule has 0 aliphatic heterocycles. The number of thioether (sulfide) groups is 1. The van der Waals surface area contributed by atoms with E-state index < -0.39 is 5.97 Å². The van der Waals surface area contributed by atoms with Crippen LogP contribution in [0.1, 0.15) is 15.9 Å². The first-order valence-electron chi connectivity index (χ1n) is 7.22. The molecule has 24 heavy (non-hydrogen) atoms. The van der Waals surface area contributed by atoms with Crippen LogP contribution in [0.2, 0.25) is 0 Å². The van der Waals surface area contributed by atoms with Crippen LogP contribution in [0.3, 0.4) is 0 Å². The standard InChI is InChI=1S/C16H19N3O4S/c1-23-12-5-3-11(4-6-12)7-8-19(10-20)14-13(15(21)22)9-17-16(18-14)24-2/h3-6,9,20H,7-8,10H2,1-2H3,(H,21,22). The highest BCUT2D eigenvalue weighted by molar-refractivity contribution is 7.98. The number of aromatic carboxylic acids is 1. The summed E-state index contributed by atoms with van der Waals surface area (Å²) in [6.07, 6.45) is 3.70. The maximum Gasteiger partial charge on any atom is 0.341 e. The summed E-state index contributed by atoms with van der Waals surface area (Å²) in [5, 5.41) is 19.4. The highest BCUT2D eigenvalue weighted by Crippen LogP contribution is 2.21. The van der Waals surface area contributed by atoms with E-state index >= 15 is 0 Å². The van der Waals surface area contributed by atoms with Crippen molar-refractivity contribution in [2.75, 3.05) is 31.5 Å². The third kappa shape index (κ3) is 4.36.